The first-order valence-electron chi connectivity index (χ1n) is 4.90. The van der Waals surface area contributed by atoms with Crippen molar-refractivity contribution in [2.24, 2.45) is 0 Å². The number of ketones is 1. The molecule has 0 unspecified atom stereocenters. The van der Waals surface area contributed by atoms with Crippen LogP contribution in [0.1, 0.15) is 29.8 Å². The lowest BCUT2D eigenvalue weighted by Crippen LogP contribution is -2.05. The van der Waals surface area contributed by atoms with Crippen molar-refractivity contribution in [3.05, 3.63) is 33.4 Å². The molecular formula is C11H13NO4. The maximum atomic E-state index is 11.3. The highest BCUT2D eigenvalue weighted by Crippen LogP contribution is 2.34. The van der Waals surface area contributed by atoms with E-state index in [1.165, 1.54) is 13.0 Å². The standard InChI is InChI=1S/C11H13NO4/c1-4-16-11-7(2)5-6-9(8(3)13)10(11)12(14)15/h5-6H,4H2,1-3H3. The second kappa shape index (κ2) is 4.74. The molecule has 16 heavy (non-hydrogen) atoms. The molecule has 86 valence electrons. The number of nitrogens with zero attached hydrogens (tertiary/aromatic N) is 1. The molecule has 0 bridgehead atoms. The van der Waals surface area contributed by atoms with Gasteiger partial charge in [0.1, 0.15) is 0 Å². The van der Waals surface area contributed by atoms with Gasteiger partial charge in [-0.05, 0) is 32.4 Å². The van der Waals surface area contributed by atoms with Gasteiger partial charge in [0.25, 0.3) is 0 Å². The molecule has 5 heteroatoms. The highest BCUT2D eigenvalue weighted by atomic mass is 16.6. The summed E-state index contributed by atoms with van der Waals surface area (Å²) in [6, 6.07) is 3.10. The van der Waals surface area contributed by atoms with Gasteiger partial charge >= 0.3 is 5.69 Å². The molecule has 0 fully saturated rings. The average Bonchev–Trinajstić information content (AvgIpc) is 2.20. The number of nitro groups is 1. The number of rotatable bonds is 4. The maximum absolute atomic E-state index is 11.3. The largest absolute Gasteiger partial charge is 0.487 e. The lowest BCUT2D eigenvalue weighted by Gasteiger charge is -2.09. The van der Waals surface area contributed by atoms with Gasteiger partial charge in [0.05, 0.1) is 17.1 Å². The first kappa shape index (κ1) is 12.2. The summed E-state index contributed by atoms with van der Waals surface area (Å²) in [5, 5.41) is 10.9. The molecule has 0 N–H and O–H groups in total. The second-order valence-electron chi connectivity index (χ2n) is 3.35. The van der Waals surface area contributed by atoms with Crippen LogP contribution in [0.15, 0.2) is 12.1 Å². The molecule has 0 saturated heterocycles. The Morgan fingerprint density at radius 1 is 1.50 bits per heavy atom. The fourth-order valence-corrected chi connectivity index (χ4v) is 1.46. The third-order valence-electron chi connectivity index (χ3n) is 2.18. The molecule has 0 amide bonds. The topological polar surface area (TPSA) is 69.4 Å². The molecule has 0 heterocycles. The quantitative estimate of drug-likeness (QED) is 0.446. The first-order chi connectivity index (χ1) is 7.49. The lowest BCUT2D eigenvalue weighted by molar-refractivity contribution is -0.386. The van der Waals surface area contributed by atoms with Crippen LogP contribution in [0.2, 0.25) is 0 Å². The maximum Gasteiger partial charge on any atom is 0.321 e. The molecule has 0 spiro atoms. The fourth-order valence-electron chi connectivity index (χ4n) is 1.46. The molecule has 1 aromatic carbocycles. The SMILES string of the molecule is CCOc1c(C)ccc(C(C)=O)c1[N+](=O)[O-]. The van der Waals surface area contributed by atoms with E-state index in [2.05, 4.69) is 0 Å². The third-order valence-corrected chi connectivity index (χ3v) is 2.18. The normalized spacial score (nSPS) is 9.94. The van der Waals surface area contributed by atoms with E-state index >= 15 is 0 Å². The number of nitro benzene ring substituents is 1. The van der Waals surface area contributed by atoms with E-state index in [1.54, 1.807) is 19.9 Å². The van der Waals surface area contributed by atoms with Crippen LogP contribution in [0.25, 0.3) is 0 Å². The van der Waals surface area contributed by atoms with E-state index in [0.29, 0.717) is 12.2 Å². The summed E-state index contributed by atoms with van der Waals surface area (Å²) in [5.41, 5.74) is 0.493. The summed E-state index contributed by atoms with van der Waals surface area (Å²) in [6.07, 6.45) is 0. The van der Waals surface area contributed by atoms with E-state index in [1.807, 2.05) is 0 Å². The summed E-state index contributed by atoms with van der Waals surface area (Å²) in [5.74, 6) is -0.159. The molecular weight excluding hydrogens is 210 g/mol. The zero-order valence-corrected chi connectivity index (χ0v) is 9.44. The molecule has 0 aliphatic rings. The van der Waals surface area contributed by atoms with Gasteiger partial charge in [-0.25, -0.2) is 0 Å². The van der Waals surface area contributed by atoms with Crippen LogP contribution in [0.3, 0.4) is 0 Å². The summed E-state index contributed by atoms with van der Waals surface area (Å²) in [7, 11) is 0. The van der Waals surface area contributed by atoms with Crippen molar-refractivity contribution in [2.75, 3.05) is 6.61 Å². The number of Topliss-reactive ketones (excluding diaryl/α,β-unsaturated/α-hetero) is 1. The van der Waals surface area contributed by atoms with E-state index in [-0.39, 0.29) is 22.8 Å². The summed E-state index contributed by atoms with van der Waals surface area (Å²) >= 11 is 0. The predicted molar refractivity (Wildman–Crippen MR) is 59.0 cm³/mol. The Kier molecular flexibility index (Phi) is 3.60. The van der Waals surface area contributed by atoms with Crippen molar-refractivity contribution in [3.63, 3.8) is 0 Å². The molecule has 0 aliphatic heterocycles. The predicted octanol–water partition coefficient (Wildman–Crippen LogP) is 2.50. The molecule has 0 aromatic heterocycles. The van der Waals surface area contributed by atoms with Crippen molar-refractivity contribution in [3.8, 4) is 5.75 Å². The minimum Gasteiger partial charge on any atom is -0.487 e. The number of benzene rings is 1. The van der Waals surface area contributed by atoms with Crippen molar-refractivity contribution in [2.45, 2.75) is 20.8 Å². The van der Waals surface area contributed by atoms with Crippen molar-refractivity contribution >= 4 is 11.5 Å². The summed E-state index contributed by atoms with van der Waals surface area (Å²) in [6.45, 7) is 5.07. The molecule has 5 nitrogen and oxygen atoms in total. The zero-order chi connectivity index (χ0) is 12.3. The van der Waals surface area contributed by atoms with Crippen LogP contribution in [-0.2, 0) is 0 Å². The van der Waals surface area contributed by atoms with Crippen LogP contribution in [0, 0.1) is 17.0 Å². The Labute approximate surface area is 93.2 Å². The second-order valence-corrected chi connectivity index (χ2v) is 3.35. The highest BCUT2D eigenvalue weighted by Gasteiger charge is 2.25. The summed E-state index contributed by atoms with van der Waals surface area (Å²) in [4.78, 5) is 21.7. The molecule has 0 atom stereocenters. The number of hydrogen-bond acceptors (Lipinski definition) is 4. The van der Waals surface area contributed by atoms with Crippen LogP contribution >= 0.6 is 0 Å². The Bertz CT molecular complexity index is 440. The van der Waals surface area contributed by atoms with Crippen molar-refractivity contribution in [1.82, 2.24) is 0 Å². The Balaban J connectivity index is 3.49. The van der Waals surface area contributed by atoms with Crippen LogP contribution in [0.4, 0.5) is 5.69 Å². The van der Waals surface area contributed by atoms with Gasteiger partial charge in [-0.15, -0.1) is 0 Å². The van der Waals surface area contributed by atoms with Gasteiger partial charge in [0.15, 0.2) is 5.78 Å². The van der Waals surface area contributed by atoms with Gasteiger partial charge < -0.3 is 4.74 Å². The van der Waals surface area contributed by atoms with Crippen molar-refractivity contribution < 1.29 is 14.5 Å². The molecule has 0 radical (unpaired) electrons. The monoisotopic (exact) mass is 223 g/mol. The molecule has 1 rings (SSSR count). The van der Waals surface area contributed by atoms with Gasteiger partial charge in [-0.2, -0.15) is 0 Å². The minimum atomic E-state index is -0.575. The number of hydrogen-bond donors (Lipinski definition) is 0. The molecule has 1 aromatic rings. The molecule has 0 aliphatic carbocycles. The van der Waals surface area contributed by atoms with Crippen molar-refractivity contribution in [1.29, 1.82) is 0 Å². The van der Waals surface area contributed by atoms with E-state index in [4.69, 9.17) is 4.74 Å². The van der Waals surface area contributed by atoms with E-state index in [0.717, 1.165) is 0 Å². The van der Waals surface area contributed by atoms with E-state index in [9.17, 15) is 14.9 Å². The average molecular weight is 223 g/mol. The van der Waals surface area contributed by atoms with Crippen LogP contribution in [-0.4, -0.2) is 17.3 Å². The molecule has 0 saturated carbocycles. The van der Waals surface area contributed by atoms with Gasteiger partial charge in [0.2, 0.25) is 5.75 Å². The zero-order valence-electron chi connectivity index (χ0n) is 9.44. The number of carbonyl (C=O) groups is 1. The number of carbonyl (C=O) groups excluding carboxylic acids is 1. The van der Waals surface area contributed by atoms with Crippen LogP contribution < -0.4 is 4.74 Å². The number of aryl methyl sites for hydroxylation is 1. The Morgan fingerprint density at radius 2 is 2.12 bits per heavy atom. The smallest absolute Gasteiger partial charge is 0.321 e. The van der Waals surface area contributed by atoms with Crippen LogP contribution in [0.5, 0.6) is 5.75 Å². The minimum absolute atomic E-state index is 0.0825. The first-order valence-corrected chi connectivity index (χ1v) is 4.90. The Morgan fingerprint density at radius 3 is 2.56 bits per heavy atom. The fraction of sp³-hybridized carbons (Fsp3) is 0.364. The lowest BCUT2D eigenvalue weighted by atomic mass is 10.1. The van der Waals surface area contributed by atoms with Gasteiger partial charge in [0, 0.05) is 0 Å². The summed E-state index contributed by atoms with van der Waals surface area (Å²) < 4.78 is 5.23. The van der Waals surface area contributed by atoms with E-state index < -0.39 is 4.92 Å². The highest BCUT2D eigenvalue weighted by molar-refractivity contribution is 5.99. The third kappa shape index (κ3) is 2.18. The Hall–Kier alpha value is -1.91. The van der Waals surface area contributed by atoms with Gasteiger partial charge in [-0.3, -0.25) is 14.9 Å². The van der Waals surface area contributed by atoms with Gasteiger partial charge in [-0.1, -0.05) is 6.07 Å². The number of ether oxygens (including phenoxy) is 1.